The summed E-state index contributed by atoms with van der Waals surface area (Å²) in [5.41, 5.74) is 4.70. The second-order valence-electron chi connectivity index (χ2n) is 7.24. The average molecular weight is 509 g/mol. The normalized spacial score (nSPS) is 19.0. The first kappa shape index (κ1) is 19.7. The Morgan fingerprint density at radius 3 is 2.75 bits per heavy atom. The summed E-state index contributed by atoms with van der Waals surface area (Å²) >= 11 is 8.58. The van der Waals surface area contributed by atoms with Gasteiger partial charge in [0.2, 0.25) is 0 Å². The highest BCUT2D eigenvalue weighted by Crippen LogP contribution is 2.43. The summed E-state index contributed by atoms with van der Waals surface area (Å²) in [7, 11) is 0. The number of piperidine rings is 1. The highest BCUT2D eigenvalue weighted by molar-refractivity contribution is 14.1. The highest BCUT2D eigenvalue weighted by Gasteiger charge is 2.34. The number of ether oxygens (including phenoxy) is 1. The lowest BCUT2D eigenvalue weighted by Crippen LogP contribution is -2.40. The molecule has 0 bridgehead atoms. The van der Waals surface area contributed by atoms with Gasteiger partial charge in [-0.15, -0.1) is 0 Å². The van der Waals surface area contributed by atoms with E-state index in [2.05, 4.69) is 46.9 Å². The molecule has 1 saturated heterocycles. The molecule has 1 aliphatic carbocycles. The molecule has 2 heterocycles. The number of likely N-dealkylation sites (tertiary alicyclic amines) is 1. The molecule has 0 saturated carbocycles. The van der Waals surface area contributed by atoms with E-state index in [-0.39, 0.29) is 12.0 Å². The maximum absolute atomic E-state index is 12.1. The second-order valence-corrected chi connectivity index (χ2v) is 8.92. The molecule has 2 aliphatic rings. The van der Waals surface area contributed by atoms with Crippen molar-refractivity contribution in [3.05, 3.63) is 61.4 Å². The third kappa shape index (κ3) is 3.92. The van der Waals surface area contributed by atoms with Crippen LogP contribution in [-0.4, -0.2) is 35.7 Å². The molecule has 1 aromatic carbocycles. The predicted molar refractivity (Wildman–Crippen MR) is 120 cm³/mol. The minimum Gasteiger partial charge on any atom is -0.450 e. The molecule has 0 spiro atoms. The maximum Gasteiger partial charge on any atom is 0.409 e. The van der Waals surface area contributed by atoms with E-state index in [9.17, 15) is 4.79 Å². The lowest BCUT2D eigenvalue weighted by atomic mass is 9.76. The van der Waals surface area contributed by atoms with Crippen molar-refractivity contribution >= 4 is 52.4 Å². The third-order valence-corrected chi connectivity index (χ3v) is 6.40. The van der Waals surface area contributed by atoms with Crippen molar-refractivity contribution < 1.29 is 9.53 Å². The Kier molecular flexibility index (Phi) is 5.92. The fraction of sp³-hybridized carbons (Fsp3) is 0.364. The Morgan fingerprint density at radius 1 is 1.25 bits per heavy atom. The van der Waals surface area contributed by atoms with Crippen LogP contribution in [0.5, 0.6) is 0 Å². The Balaban J connectivity index is 1.69. The third-order valence-electron chi connectivity index (χ3n) is 5.57. The van der Waals surface area contributed by atoms with Crippen LogP contribution in [0.2, 0.25) is 5.02 Å². The monoisotopic (exact) mass is 508 g/mol. The molecule has 1 aliphatic heterocycles. The zero-order chi connectivity index (χ0) is 19.7. The van der Waals surface area contributed by atoms with Crippen LogP contribution in [0.4, 0.5) is 4.79 Å². The maximum atomic E-state index is 12.1. The number of hydrogen-bond donors (Lipinski definition) is 0. The molecule has 4 nitrogen and oxygen atoms in total. The Bertz CT molecular complexity index is 867. The molecule has 1 fully saturated rings. The van der Waals surface area contributed by atoms with Crippen molar-refractivity contribution in [1.29, 1.82) is 0 Å². The highest BCUT2D eigenvalue weighted by atomic mass is 127. The summed E-state index contributed by atoms with van der Waals surface area (Å²) in [5.74, 6) is 0.607. The molecule has 28 heavy (non-hydrogen) atoms. The zero-order valence-electron chi connectivity index (χ0n) is 15.7. The van der Waals surface area contributed by atoms with Gasteiger partial charge in [-0.05, 0) is 83.2 Å². The first-order chi connectivity index (χ1) is 13.6. The second kappa shape index (κ2) is 8.41. The van der Waals surface area contributed by atoms with E-state index in [0.717, 1.165) is 51.3 Å². The smallest absolute Gasteiger partial charge is 0.409 e. The molecule has 1 atom stereocenters. The fourth-order valence-corrected chi connectivity index (χ4v) is 4.92. The predicted octanol–water partition coefficient (Wildman–Crippen LogP) is 5.82. The van der Waals surface area contributed by atoms with Gasteiger partial charge in [0.25, 0.3) is 0 Å². The number of halogens is 2. The van der Waals surface area contributed by atoms with Crippen LogP contribution in [0, 0.1) is 9.49 Å². The van der Waals surface area contributed by atoms with Gasteiger partial charge in [-0.1, -0.05) is 29.8 Å². The van der Waals surface area contributed by atoms with Crippen LogP contribution < -0.4 is 0 Å². The van der Waals surface area contributed by atoms with Crippen LogP contribution >= 0.6 is 34.2 Å². The topological polar surface area (TPSA) is 42.4 Å². The van der Waals surface area contributed by atoms with E-state index in [1.165, 1.54) is 5.56 Å². The number of carbonyl (C=O) groups excluding carboxylic acids is 1. The SMILES string of the molecule is CCOC(=O)N1CCC(C2c3ccc(Cl)cc3C=Cc3cc(I)cnc32)CC1. The first-order valence-corrected chi connectivity index (χ1v) is 11.1. The van der Waals surface area contributed by atoms with E-state index in [0.29, 0.717) is 12.5 Å². The first-order valence-electron chi connectivity index (χ1n) is 9.61. The Hall–Kier alpha value is -1.60. The number of amides is 1. The molecule has 2 aromatic rings. The van der Waals surface area contributed by atoms with Crippen LogP contribution in [0.1, 0.15) is 48.1 Å². The number of pyridine rings is 1. The lowest BCUT2D eigenvalue weighted by Gasteiger charge is -2.36. The molecule has 146 valence electrons. The van der Waals surface area contributed by atoms with Crippen LogP contribution in [0.3, 0.4) is 0 Å². The van der Waals surface area contributed by atoms with Gasteiger partial charge in [-0.3, -0.25) is 4.98 Å². The quantitative estimate of drug-likeness (QED) is 0.480. The van der Waals surface area contributed by atoms with Crippen molar-refractivity contribution in [2.75, 3.05) is 19.7 Å². The van der Waals surface area contributed by atoms with E-state index < -0.39 is 0 Å². The summed E-state index contributed by atoms with van der Waals surface area (Å²) in [5, 5.41) is 0.743. The Morgan fingerprint density at radius 2 is 2.00 bits per heavy atom. The van der Waals surface area contributed by atoms with Gasteiger partial charge in [0.15, 0.2) is 0 Å². The average Bonchev–Trinajstić information content (AvgIpc) is 2.84. The summed E-state index contributed by atoms with van der Waals surface area (Å²) in [4.78, 5) is 18.7. The molecule has 0 radical (unpaired) electrons. The van der Waals surface area contributed by atoms with Crippen LogP contribution in [0.25, 0.3) is 12.2 Å². The van der Waals surface area contributed by atoms with Gasteiger partial charge >= 0.3 is 6.09 Å². The van der Waals surface area contributed by atoms with Gasteiger partial charge < -0.3 is 9.64 Å². The van der Waals surface area contributed by atoms with E-state index in [1.54, 1.807) is 0 Å². The molecular formula is C22H22ClIN2O2. The van der Waals surface area contributed by atoms with Crippen molar-refractivity contribution in [2.24, 2.45) is 5.92 Å². The van der Waals surface area contributed by atoms with Gasteiger partial charge in [0.05, 0.1) is 12.3 Å². The summed E-state index contributed by atoms with van der Waals surface area (Å²) in [6.07, 6.45) is 7.88. The summed E-state index contributed by atoms with van der Waals surface area (Å²) in [6.45, 7) is 3.69. The molecule has 0 N–H and O–H groups in total. The molecule has 4 rings (SSSR count). The molecule has 6 heteroatoms. The van der Waals surface area contributed by atoms with Crippen molar-refractivity contribution in [2.45, 2.75) is 25.7 Å². The van der Waals surface area contributed by atoms with Gasteiger partial charge in [0, 0.05) is 33.8 Å². The standard InChI is InChI=1S/C22H22ClIN2O2/c1-2-28-22(27)26-9-7-14(8-10-26)20-19-6-5-17(23)11-15(19)3-4-16-12-18(24)13-25-21(16)20/h3-6,11-14,20H,2,7-10H2,1H3. The number of rotatable bonds is 2. The number of aromatic nitrogens is 1. The van der Waals surface area contributed by atoms with E-state index in [4.69, 9.17) is 21.3 Å². The summed E-state index contributed by atoms with van der Waals surface area (Å²) in [6, 6.07) is 8.32. The van der Waals surface area contributed by atoms with Gasteiger partial charge in [-0.25, -0.2) is 4.79 Å². The molecule has 1 aromatic heterocycles. The molecule has 1 unspecified atom stereocenters. The fourth-order valence-electron chi connectivity index (χ4n) is 4.27. The number of hydrogen-bond acceptors (Lipinski definition) is 3. The Labute approximate surface area is 184 Å². The van der Waals surface area contributed by atoms with Crippen molar-refractivity contribution in [3.63, 3.8) is 0 Å². The lowest BCUT2D eigenvalue weighted by molar-refractivity contribution is 0.0900. The number of fused-ring (bicyclic) bond motifs is 2. The molecular weight excluding hydrogens is 487 g/mol. The number of carbonyl (C=O) groups is 1. The molecule has 1 amide bonds. The van der Waals surface area contributed by atoms with Gasteiger partial charge in [0.1, 0.15) is 0 Å². The number of benzene rings is 1. The van der Waals surface area contributed by atoms with Gasteiger partial charge in [-0.2, -0.15) is 0 Å². The van der Waals surface area contributed by atoms with Crippen molar-refractivity contribution in [3.8, 4) is 0 Å². The minimum atomic E-state index is -0.205. The van der Waals surface area contributed by atoms with E-state index >= 15 is 0 Å². The van der Waals surface area contributed by atoms with Crippen LogP contribution in [0.15, 0.2) is 30.5 Å². The minimum absolute atomic E-state index is 0.193. The number of nitrogens with zero attached hydrogens (tertiary/aromatic N) is 2. The van der Waals surface area contributed by atoms with E-state index in [1.807, 2.05) is 30.2 Å². The zero-order valence-corrected chi connectivity index (χ0v) is 18.6. The summed E-state index contributed by atoms with van der Waals surface area (Å²) < 4.78 is 6.30. The van der Waals surface area contributed by atoms with Crippen LogP contribution in [-0.2, 0) is 4.74 Å². The largest absolute Gasteiger partial charge is 0.450 e. The van der Waals surface area contributed by atoms with Crippen molar-refractivity contribution in [1.82, 2.24) is 9.88 Å².